The zero-order chi connectivity index (χ0) is 18.4. The molecule has 0 aliphatic rings. The Kier molecular flexibility index (Phi) is 6.45. The summed E-state index contributed by atoms with van der Waals surface area (Å²) < 4.78 is 11.1. The number of carbonyl (C=O) groups excluding carboxylic acids is 1. The Morgan fingerprint density at radius 2 is 1.80 bits per heavy atom. The molecule has 2 rings (SSSR count). The Labute approximate surface area is 150 Å². The SMILES string of the molecule is CCC(NC(=O)C(C)Oc1cc(C)ccc1C)c1ccc(OC)cc1. The minimum absolute atomic E-state index is 0.0527. The summed E-state index contributed by atoms with van der Waals surface area (Å²) in [4.78, 5) is 12.5. The fraction of sp³-hybridized carbons (Fsp3) is 0.381. The second kappa shape index (κ2) is 8.56. The van der Waals surface area contributed by atoms with Gasteiger partial charge in [0.15, 0.2) is 6.10 Å². The average Bonchev–Trinajstić information content (AvgIpc) is 2.62. The molecule has 0 saturated carbocycles. The van der Waals surface area contributed by atoms with E-state index in [0.29, 0.717) is 0 Å². The second-order valence-electron chi connectivity index (χ2n) is 6.27. The van der Waals surface area contributed by atoms with Crippen LogP contribution in [0.15, 0.2) is 42.5 Å². The predicted molar refractivity (Wildman–Crippen MR) is 100 cm³/mol. The van der Waals surface area contributed by atoms with E-state index in [1.54, 1.807) is 14.0 Å². The Morgan fingerprint density at radius 1 is 1.12 bits per heavy atom. The minimum Gasteiger partial charge on any atom is -0.497 e. The number of ether oxygens (including phenoxy) is 2. The summed E-state index contributed by atoms with van der Waals surface area (Å²) in [7, 11) is 1.64. The van der Waals surface area contributed by atoms with Crippen LogP contribution in [0.3, 0.4) is 0 Å². The monoisotopic (exact) mass is 341 g/mol. The van der Waals surface area contributed by atoms with Crippen LogP contribution in [0, 0.1) is 13.8 Å². The molecule has 2 atom stereocenters. The van der Waals surface area contributed by atoms with Crippen molar-refractivity contribution in [3.63, 3.8) is 0 Å². The van der Waals surface area contributed by atoms with Crippen molar-refractivity contribution in [3.05, 3.63) is 59.2 Å². The molecule has 0 aliphatic heterocycles. The van der Waals surface area contributed by atoms with E-state index in [2.05, 4.69) is 5.32 Å². The van der Waals surface area contributed by atoms with Crippen molar-refractivity contribution in [1.29, 1.82) is 0 Å². The van der Waals surface area contributed by atoms with Gasteiger partial charge in [0.1, 0.15) is 11.5 Å². The van der Waals surface area contributed by atoms with Crippen LogP contribution in [0.25, 0.3) is 0 Å². The van der Waals surface area contributed by atoms with E-state index in [4.69, 9.17) is 9.47 Å². The topological polar surface area (TPSA) is 47.6 Å². The van der Waals surface area contributed by atoms with Crippen molar-refractivity contribution in [3.8, 4) is 11.5 Å². The van der Waals surface area contributed by atoms with Crippen LogP contribution >= 0.6 is 0 Å². The molecular weight excluding hydrogens is 314 g/mol. The van der Waals surface area contributed by atoms with Crippen LogP contribution in [0.5, 0.6) is 11.5 Å². The number of aryl methyl sites for hydroxylation is 2. The van der Waals surface area contributed by atoms with Crippen LogP contribution < -0.4 is 14.8 Å². The van der Waals surface area contributed by atoms with Gasteiger partial charge < -0.3 is 14.8 Å². The molecule has 2 aromatic rings. The first-order chi connectivity index (χ1) is 11.9. The summed E-state index contributed by atoms with van der Waals surface area (Å²) in [5, 5.41) is 3.07. The fourth-order valence-electron chi connectivity index (χ4n) is 2.62. The molecule has 0 heterocycles. The first kappa shape index (κ1) is 18.8. The van der Waals surface area contributed by atoms with Gasteiger partial charge in [-0.25, -0.2) is 0 Å². The summed E-state index contributed by atoms with van der Waals surface area (Å²) in [5.41, 5.74) is 3.18. The summed E-state index contributed by atoms with van der Waals surface area (Å²) >= 11 is 0. The van der Waals surface area contributed by atoms with Crippen LogP contribution in [0.2, 0.25) is 0 Å². The van der Waals surface area contributed by atoms with Gasteiger partial charge in [0.05, 0.1) is 13.2 Å². The van der Waals surface area contributed by atoms with E-state index >= 15 is 0 Å². The summed E-state index contributed by atoms with van der Waals surface area (Å²) in [6.07, 6.45) is 0.238. The molecule has 0 bridgehead atoms. The molecule has 1 N–H and O–H groups in total. The van der Waals surface area contributed by atoms with Crippen LogP contribution in [-0.2, 0) is 4.79 Å². The predicted octanol–water partition coefficient (Wildman–Crippen LogP) is 4.35. The molecule has 0 saturated heterocycles. The molecule has 0 aliphatic carbocycles. The molecule has 25 heavy (non-hydrogen) atoms. The fourth-order valence-corrected chi connectivity index (χ4v) is 2.62. The third-order valence-corrected chi connectivity index (χ3v) is 4.26. The Bertz CT molecular complexity index is 710. The van der Waals surface area contributed by atoms with E-state index in [0.717, 1.165) is 34.6 Å². The summed E-state index contributed by atoms with van der Waals surface area (Å²) in [6, 6.07) is 13.7. The number of rotatable bonds is 7. The molecule has 0 fully saturated rings. The van der Waals surface area contributed by atoms with Gasteiger partial charge in [-0.3, -0.25) is 4.79 Å². The van der Waals surface area contributed by atoms with Crippen LogP contribution in [0.1, 0.15) is 43.0 Å². The van der Waals surface area contributed by atoms with E-state index in [9.17, 15) is 4.79 Å². The van der Waals surface area contributed by atoms with Gasteiger partial charge >= 0.3 is 0 Å². The van der Waals surface area contributed by atoms with Crippen molar-refractivity contribution in [1.82, 2.24) is 5.32 Å². The summed E-state index contributed by atoms with van der Waals surface area (Å²) in [5.74, 6) is 1.43. The minimum atomic E-state index is -0.562. The maximum atomic E-state index is 12.5. The van der Waals surface area contributed by atoms with E-state index in [1.807, 2.05) is 63.2 Å². The van der Waals surface area contributed by atoms with Crippen molar-refractivity contribution in [2.24, 2.45) is 0 Å². The third-order valence-electron chi connectivity index (χ3n) is 4.26. The smallest absolute Gasteiger partial charge is 0.261 e. The number of amides is 1. The van der Waals surface area contributed by atoms with Crippen molar-refractivity contribution in [2.45, 2.75) is 46.3 Å². The van der Waals surface area contributed by atoms with Gasteiger partial charge in [-0.05, 0) is 62.1 Å². The first-order valence-electron chi connectivity index (χ1n) is 8.62. The van der Waals surface area contributed by atoms with Gasteiger partial charge in [-0.15, -0.1) is 0 Å². The Hall–Kier alpha value is -2.49. The number of carbonyl (C=O) groups is 1. The molecule has 2 unspecified atom stereocenters. The molecule has 4 heteroatoms. The van der Waals surface area contributed by atoms with Gasteiger partial charge in [0.2, 0.25) is 0 Å². The van der Waals surface area contributed by atoms with Crippen LogP contribution in [-0.4, -0.2) is 19.1 Å². The van der Waals surface area contributed by atoms with E-state index in [1.165, 1.54) is 0 Å². The number of hydrogen-bond acceptors (Lipinski definition) is 3. The number of benzene rings is 2. The molecular formula is C21H27NO3. The molecule has 0 spiro atoms. The second-order valence-corrected chi connectivity index (χ2v) is 6.27. The Balaban J connectivity index is 2.03. The number of methoxy groups -OCH3 is 1. The highest BCUT2D eigenvalue weighted by Crippen LogP contribution is 2.22. The highest BCUT2D eigenvalue weighted by molar-refractivity contribution is 5.81. The van der Waals surface area contributed by atoms with Gasteiger partial charge in [0.25, 0.3) is 5.91 Å². The molecule has 1 amide bonds. The zero-order valence-corrected chi connectivity index (χ0v) is 15.6. The number of nitrogens with one attached hydrogen (secondary N) is 1. The first-order valence-corrected chi connectivity index (χ1v) is 8.62. The van der Waals surface area contributed by atoms with E-state index in [-0.39, 0.29) is 11.9 Å². The molecule has 0 aromatic heterocycles. The summed E-state index contributed by atoms with van der Waals surface area (Å²) in [6.45, 7) is 7.81. The largest absolute Gasteiger partial charge is 0.497 e. The van der Waals surface area contributed by atoms with Gasteiger partial charge in [-0.1, -0.05) is 31.2 Å². The normalized spacial score (nSPS) is 13.0. The van der Waals surface area contributed by atoms with Crippen molar-refractivity contribution in [2.75, 3.05) is 7.11 Å². The lowest BCUT2D eigenvalue weighted by Crippen LogP contribution is -2.38. The Morgan fingerprint density at radius 3 is 2.40 bits per heavy atom. The molecule has 0 radical (unpaired) electrons. The highest BCUT2D eigenvalue weighted by atomic mass is 16.5. The molecule has 2 aromatic carbocycles. The molecule has 134 valence electrons. The van der Waals surface area contributed by atoms with Crippen LogP contribution in [0.4, 0.5) is 0 Å². The quantitative estimate of drug-likeness (QED) is 0.814. The lowest BCUT2D eigenvalue weighted by atomic mass is 10.0. The zero-order valence-electron chi connectivity index (χ0n) is 15.6. The van der Waals surface area contributed by atoms with E-state index < -0.39 is 6.10 Å². The number of hydrogen-bond donors (Lipinski definition) is 1. The standard InChI is InChI=1S/C21H27NO3/c1-6-19(17-9-11-18(24-5)12-10-17)22-21(23)16(4)25-20-13-14(2)7-8-15(20)3/h7-13,16,19H,6H2,1-5H3,(H,22,23). The maximum absolute atomic E-state index is 12.5. The van der Waals surface area contributed by atoms with Crippen molar-refractivity contribution >= 4 is 5.91 Å². The molecule has 4 nitrogen and oxygen atoms in total. The lowest BCUT2D eigenvalue weighted by Gasteiger charge is -2.22. The van der Waals surface area contributed by atoms with Gasteiger partial charge in [-0.2, -0.15) is 0 Å². The maximum Gasteiger partial charge on any atom is 0.261 e. The van der Waals surface area contributed by atoms with Gasteiger partial charge in [0, 0.05) is 0 Å². The third kappa shape index (κ3) is 4.99. The average molecular weight is 341 g/mol. The lowest BCUT2D eigenvalue weighted by molar-refractivity contribution is -0.128. The highest BCUT2D eigenvalue weighted by Gasteiger charge is 2.20. The van der Waals surface area contributed by atoms with Crippen molar-refractivity contribution < 1.29 is 14.3 Å².